The number of ether oxygens (including phenoxy) is 2. The highest BCUT2D eigenvalue weighted by Crippen LogP contribution is 2.24. The van der Waals surface area contributed by atoms with Crippen LogP contribution in [0.3, 0.4) is 0 Å². The van der Waals surface area contributed by atoms with Crippen LogP contribution in [-0.4, -0.2) is 35.4 Å². The number of amides is 1. The zero-order valence-corrected chi connectivity index (χ0v) is 19.4. The molecule has 1 N–H and O–H groups in total. The molecule has 0 radical (unpaired) electrons. The number of hydrogen-bond donors (Lipinski definition) is 1. The molecule has 1 aromatic heterocycles. The first-order chi connectivity index (χ1) is 16.7. The molecule has 2 aromatic carbocycles. The third-order valence-electron chi connectivity index (χ3n) is 5.03. The third-order valence-corrected chi connectivity index (χ3v) is 5.03. The Balaban J connectivity index is 1.75. The smallest absolute Gasteiger partial charge is 0.387 e. The number of benzene rings is 2. The highest BCUT2D eigenvalue weighted by molar-refractivity contribution is 6.02. The number of ketones is 1. The number of Topliss-reactive ketones (excluding diaryl/α,β-unsaturated/α-hetero) is 1. The van der Waals surface area contributed by atoms with Crippen LogP contribution >= 0.6 is 0 Å². The normalized spacial score (nSPS) is 11.3. The minimum absolute atomic E-state index is 0.0213. The zero-order chi connectivity index (χ0) is 25.5. The third kappa shape index (κ3) is 6.63. The number of nitrogens with zero attached hydrogens (tertiary/aromatic N) is 1. The van der Waals surface area contributed by atoms with Gasteiger partial charge < -0.3 is 19.4 Å². The molecule has 0 fully saturated rings. The van der Waals surface area contributed by atoms with Gasteiger partial charge in [0.05, 0.1) is 0 Å². The zero-order valence-electron chi connectivity index (χ0n) is 19.4. The lowest BCUT2D eigenvalue weighted by atomic mass is 10.1. The number of halogens is 2. The molecule has 0 atom stereocenters. The molecule has 0 spiro atoms. The molecule has 1 amide bonds. The number of alkyl halides is 2. The summed E-state index contributed by atoms with van der Waals surface area (Å²) in [4.78, 5) is 36.9. The lowest BCUT2D eigenvalue weighted by Crippen LogP contribution is -2.27. The first-order valence-corrected chi connectivity index (χ1v) is 10.6. The van der Waals surface area contributed by atoms with Gasteiger partial charge in [-0.1, -0.05) is 30.3 Å². The number of aromatic nitrogens is 1. The van der Waals surface area contributed by atoms with Crippen LogP contribution in [0.15, 0.2) is 66.4 Å². The number of rotatable bonds is 9. The van der Waals surface area contributed by atoms with Crippen molar-refractivity contribution in [1.82, 2.24) is 9.88 Å². The van der Waals surface area contributed by atoms with Gasteiger partial charge in [0.1, 0.15) is 11.4 Å². The lowest BCUT2D eigenvalue weighted by molar-refractivity contribution is -0.139. The Kier molecular flexibility index (Phi) is 8.14. The molecule has 0 unspecified atom stereocenters. The van der Waals surface area contributed by atoms with Crippen LogP contribution in [-0.2, 0) is 14.3 Å². The minimum Gasteiger partial charge on any atom is -0.453 e. The van der Waals surface area contributed by atoms with Gasteiger partial charge in [-0.25, -0.2) is 4.79 Å². The molecule has 0 aliphatic rings. The lowest BCUT2D eigenvalue weighted by Gasteiger charge is -2.12. The maximum absolute atomic E-state index is 12.8. The van der Waals surface area contributed by atoms with Gasteiger partial charge in [-0.05, 0) is 55.8 Å². The predicted octanol–water partition coefficient (Wildman–Crippen LogP) is 4.60. The van der Waals surface area contributed by atoms with Crippen molar-refractivity contribution in [3.63, 3.8) is 0 Å². The van der Waals surface area contributed by atoms with Crippen molar-refractivity contribution in [3.05, 3.63) is 88.9 Å². The summed E-state index contributed by atoms with van der Waals surface area (Å²) < 4.78 is 36.1. The quantitative estimate of drug-likeness (QED) is 0.274. The monoisotopic (exact) mass is 482 g/mol. The second-order valence-electron chi connectivity index (χ2n) is 7.64. The van der Waals surface area contributed by atoms with Crippen LogP contribution in [0.5, 0.6) is 5.75 Å². The molecule has 0 aliphatic heterocycles. The molecule has 35 heavy (non-hydrogen) atoms. The van der Waals surface area contributed by atoms with Gasteiger partial charge in [-0.2, -0.15) is 8.78 Å². The van der Waals surface area contributed by atoms with Crippen molar-refractivity contribution >= 4 is 23.7 Å². The Bertz CT molecular complexity index is 1250. The van der Waals surface area contributed by atoms with E-state index in [0.29, 0.717) is 22.5 Å². The SMILES string of the molecule is CC(=O)N/C(=C\c1ccccc1)C(=O)OCC(=O)c1cc(C)n(-c2ccc(OC(F)F)cc2)c1C. The van der Waals surface area contributed by atoms with Crippen molar-refractivity contribution in [2.24, 2.45) is 0 Å². The number of aryl methyl sites for hydroxylation is 1. The van der Waals surface area contributed by atoms with Gasteiger partial charge in [0.2, 0.25) is 11.7 Å². The summed E-state index contributed by atoms with van der Waals surface area (Å²) in [7, 11) is 0. The average molecular weight is 482 g/mol. The van der Waals surface area contributed by atoms with E-state index < -0.39 is 30.9 Å². The van der Waals surface area contributed by atoms with E-state index in [1.54, 1.807) is 60.9 Å². The van der Waals surface area contributed by atoms with E-state index in [-0.39, 0.29) is 11.4 Å². The summed E-state index contributed by atoms with van der Waals surface area (Å²) in [6.45, 7) is 1.32. The van der Waals surface area contributed by atoms with Gasteiger partial charge in [0.25, 0.3) is 0 Å². The molecule has 9 heteroatoms. The molecule has 0 saturated heterocycles. The summed E-state index contributed by atoms with van der Waals surface area (Å²) in [6, 6.07) is 16.5. The Hall–Kier alpha value is -4.27. The topological polar surface area (TPSA) is 86.6 Å². The van der Waals surface area contributed by atoms with E-state index >= 15 is 0 Å². The average Bonchev–Trinajstić information content (AvgIpc) is 3.11. The van der Waals surface area contributed by atoms with Crippen LogP contribution in [0.4, 0.5) is 8.78 Å². The van der Waals surface area contributed by atoms with E-state index in [0.717, 1.165) is 5.69 Å². The maximum atomic E-state index is 12.8. The molecule has 3 aromatic rings. The van der Waals surface area contributed by atoms with Crippen molar-refractivity contribution in [2.75, 3.05) is 6.61 Å². The molecular weight excluding hydrogens is 458 g/mol. The van der Waals surface area contributed by atoms with Gasteiger partial charge in [0.15, 0.2) is 6.61 Å². The second kappa shape index (κ2) is 11.2. The first kappa shape index (κ1) is 25.4. The van der Waals surface area contributed by atoms with E-state index in [2.05, 4.69) is 10.1 Å². The fourth-order valence-electron chi connectivity index (χ4n) is 3.56. The first-order valence-electron chi connectivity index (χ1n) is 10.6. The van der Waals surface area contributed by atoms with Crippen molar-refractivity contribution in [3.8, 4) is 11.4 Å². The van der Waals surface area contributed by atoms with Gasteiger partial charge in [0, 0.05) is 29.6 Å². The molecule has 3 rings (SSSR count). The van der Waals surface area contributed by atoms with Crippen molar-refractivity contribution in [1.29, 1.82) is 0 Å². The van der Waals surface area contributed by atoms with Crippen LogP contribution in [0.2, 0.25) is 0 Å². The molecule has 0 saturated carbocycles. The van der Waals surface area contributed by atoms with Gasteiger partial charge >= 0.3 is 12.6 Å². The largest absolute Gasteiger partial charge is 0.453 e. The number of esters is 1. The Morgan fingerprint density at radius 3 is 2.29 bits per heavy atom. The second-order valence-corrected chi connectivity index (χ2v) is 7.64. The Morgan fingerprint density at radius 1 is 1.03 bits per heavy atom. The molecule has 0 bridgehead atoms. The van der Waals surface area contributed by atoms with Crippen molar-refractivity contribution in [2.45, 2.75) is 27.4 Å². The maximum Gasteiger partial charge on any atom is 0.387 e. The van der Waals surface area contributed by atoms with Crippen LogP contribution in [0, 0.1) is 13.8 Å². The molecule has 7 nitrogen and oxygen atoms in total. The van der Waals surface area contributed by atoms with E-state index in [1.807, 2.05) is 6.07 Å². The van der Waals surface area contributed by atoms with E-state index in [4.69, 9.17) is 4.74 Å². The van der Waals surface area contributed by atoms with Gasteiger partial charge in [-0.15, -0.1) is 0 Å². The molecule has 182 valence electrons. The molecule has 1 heterocycles. The van der Waals surface area contributed by atoms with Gasteiger partial charge in [-0.3, -0.25) is 9.59 Å². The van der Waals surface area contributed by atoms with E-state index in [1.165, 1.54) is 25.1 Å². The summed E-state index contributed by atoms with van der Waals surface area (Å²) in [5.74, 6) is -1.71. The molecule has 0 aliphatic carbocycles. The summed E-state index contributed by atoms with van der Waals surface area (Å²) in [5.41, 5.74) is 2.89. The fraction of sp³-hybridized carbons (Fsp3) is 0.192. The highest BCUT2D eigenvalue weighted by Gasteiger charge is 2.20. The number of nitrogens with one attached hydrogen (secondary N) is 1. The fourth-order valence-corrected chi connectivity index (χ4v) is 3.56. The predicted molar refractivity (Wildman–Crippen MR) is 125 cm³/mol. The molecular formula is C26H24F2N2O5. The van der Waals surface area contributed by atoms with Crippen LogP contribution < -0.4 is 10.1 Å². The Labute approximate surface area is 201 Å². The minimum atomic E-state index is -2.92. The van der Waals surface area contributed by atoms with E-state index in [9.17, 15) is 23.2 Å². The number of hydrogen-bond acceptors (Lipinski definition) is 5. The summed E-state index contributed by atoms with van der Waals surface area (Å²) >= 11 is 0. The summed E-state index contributed by atoms with van der Waals surface area (Å²) in [6.07, 6.45) is 1.46. The summed E-state index contributed by atoms with van der Waals surface area (Å²) in [5, 5.41) is 2.43. The Morgan fingerprint density at radius 2 is 1.69 bits per heavy atom. The van der Waals surface area contributed by atoms with Crippen LogP contribution in [0.25, 0.3) is 11.8 Å². The number of carbonyl (C=O) groups excluding carboxylic acids is 3. The van der Waals surface area contributed by atoms with Crippen LogP contribution in [0.1, 0.15) is 34.2 Å². The number of carbonyl (C=O) groups is 3. The standard InChI is InChI=1S/C26H24F2N2O5/c1-16-13-22(17(2)30(16)20-9-11-21(12-10-20)35-26(27)28)24(32)15-34-25(33)23(29-18(3)31)14-19-7-5-4-6-8-19/h4-14,26H,15H2,1-3H3,(H,29,31)/b23-14-. The highest BCUT2D eigenvalue weighted by atomic mass is 19.3. The van der Waals surface area contributed by atoms with Crippen molar-refractivity contribution < 1.29 is 32.6 Å².